The van der Waals surface area contributed by atoms with E-state index < -0.39 is 33.9 Å². The average Bonchev–Trinajstić information content (AvgIpc) is 2.82. The second-order valence-corrected chi connectivity index (χ2v) is 6.78. The van der Waals surface area contributed by atoms with Crippen molar-refractivity contribution < 1.29 is 23.8 Å². The molecule has 0 spiro atoms. The van der Waals surface area contributed by atoms with Gasteiger partial charge in [0.2, 0.25) is 0 Å². The van der Waals surface area contributed by atoms with Gasteiger partial charge < -0.3 is 0 Å². The van der Waals surface area contributed by atoms with E-state index in [2.05, 4.69) is 26.5 Å². The molecule has 0 saturated carbocycles. The molecule has 1 aliphatic rings. The van der Waals surface area contributed by atoms with E-state index in [1.54, 1.807) is 0 Å². The van der Waals surface area contributed by atoms with Gasteiger partial charge in [0.25, 0.3) is 0 Å². The summed E-state index contributed by atoms with van der Waals surface area (Å²) in [6, 6.07) is -1.20. The fourth-order valence-corrected chi connectivity index (χ4v) is 3.19. The minimum absolute atomic E-state index is 0.0984. The molecule has 0 fully saturated rings. The maximum atomic E-state index is 14.7. The van der Waals surface area contributed by atoms with Crippen molar-refractivity contribution in [3.05, 3.63) is 22.8 Å². The summed E-state index contributed by atoms with van der Waals surface area (Å²) < 4.78 is 18.4. The molecule has 1 aromatic heterocycles. The third-order valence-corrected chi connectivity index (χ3v) is 4.48. The zero-order chi connectivity index (χ0) is 17.5. The first-order chi connectivity index (χ1) is 10.6. The molecule has 3 atom stereocenters. The molecular formula is C13H16AlFN4O4+. The second-order valence-electron chi connectivity index (χ2n) is 5.58. The second kappa shape index (κ2) is 5.96. The number of nitrogens with zero attached hydrogens (tertiary/aromatic N) is 1. The monoisotopic (exact) mass is 338 g/mol. The number of aromatic nitrogens is 2. The number of carbonyl (C=O) groups excluding carboxylic acids is 1. The fourth-order valence-electron chi connectivity index (χ4n) is 2.73. The van der Waals surface area contributed by atoms with E-state index in [0.29, 0.717) is 11.3 Å². The van der Waals surface area contributed by atoms with Crippen LogP contribution in [0.15, 0.2) is 5.83 Å². The van der Waals surface area contributed by atoms with Gasteiger partial charge >= 0.3 is 139 Å². The van der Waals surface area contributed by atoms with Gasteiger partial charge in [-0.25, -0.2) is 0 Å². The quantitative estimate of drug-likeness (QED) is 0.537. The summed E-state index contributed by atoms with van der Waals surface area (Å²) in [5, 5.41) is 15.5. The summed E-state index contributed by atoms with van der Waals surface area (Å²) >= 11 is 2.26. The van der Waals surface area contributed by atoms with Gasteiger partial charge in [-0.15, -0.1) is 0 Å². The summed E-state index contributed by atoms with van der Waals surface area (Å²) in [6.07, 6.45) is -0.110. The zero-order valence-electron chi connectivity index (χ0n) is 12.6. The van der Waals surface area contributed by atoms with Gasteiger partial charge in [-0.1, -0.05) is 0 Å². The van der Waals surface area contributed by atoms with E-state index in [1.807, 2.05) is 0 Å². The number of fused-ring (bicyclic) bond motifs is 1. The molecule has 1 radical (unpaired) electrons. The Kier molecular flexibility index (Phi) is 4.53. The Morgan fingerprint density at radius 1 is 1.61 bits per heavy atom. The van der Waals surface area contributed by atoms with Crippen molar-refractivity contribution in [3.8, 4) is 0 Å². The van der Waals surface area contributed by atoms with E-state index in [4.69, 9.17) is 21.3 Å². The number of carboxylic acid groups (broad SMARTS) is 1. The topological polar surface area (TPSA) is 144 Å². The molecule has 2 rings (SSSR count). The molecule has 1 amide bonds. The number of carboxylic acids is 1. The number of hydrogen-bond donors (Lipinski definition) is 4. The van der Waals surface area contributed by atoms with E-state index in [-0.39, 0.29) is 17.9 Å². The van der Waals surface area contributed by atoms with E-state index in [1.165, 1.54) is 14.0 Å². The number of allylic oxidation sites excluding steroid dienone is 1. The van der Waals surface area contributed by atoms with Crippen molar-refractivity contribution >= 4 is 33.9 Å². The Morgan fingerprint density at radius 3 is 2.70 bits per heavy atom. The van der Waals surface area contributed by atoms with Gasteiger partial charge in [0.05, 0.1) is 0 Å². The predicted molar refractivity (Wildman–Crippen MR) is 79.0 cm³/mol. The van der Waals surface area contributed by atoms with Gasteiger partial charge in [0.15, 0.2) is 0 Å². The van der Waals surface area contributed by atoms with Crippen LogP contribution < -0.4 is 11.5 Å². The standard InChI is InChI=1S/C13H16FN4O4.Al/c1-4-7(12(16)19)8-6(3-5(15)13(20)21)17-18-10(8)11(22-2)9(4)14;/h5,7H,3,15H2,1-2H3,(H2,16,19)(H,17,18)(H,20,21);/q;+1. The van der Waals surface area contributed by atoms with Crippen LogP contribution in [0, 0.1) is 0 Å². The van der Waals surface area contributed by atoms with Gasteiger partial charge in [-0.05, 0) is 0 Å². The molecule has 0 aromatic carbocycles. The van der Waals surface area contributed by atoms with Crippen molar-refractivity contribution in [2.24, 2.45) is 11.5 Å². The molecule has 8 nitrogen and oxygen atoms in total. The Balaban J connectivity index is 2.65. The van der Waals surface area contributed by atoms with Gasteiger partial charge in [-0.3, -0.25) is 0 Å². The number of H-pyrrole nitrogens is 1. The Morgan fingerprint density at radius 2 is 2.22 bits per heavy atom. The van der Waals surface area contributed by atoms with Crippen LogP contribution in [-0.4, -0.2) is 56.6 Å². The molecule has 1 aliphatic carbocycles. The van der Waals surface area contributed by atoms with E-state index in [9.17, 15) is 14.0 Å². The summed E-state index contributed by atoms with van der Waals surface area (Å²) in [5.41, 5.74) is 11.7. The van der Waals surface area contributed by atoms with Crippen molar-refractivity contribution in [1.29, 1.82) is 0 Å². The Hall–Kier alpha value is -1.89. The van der Waals surface area contributed by atoms with Crippen LogP contribution in [0.25, 0.3) is 5.76 Å². The number of ether oxygens (including phenoxy) is 1. The Bertz CT molecular complexity index is 700. The first-order valence-electron chi connectivity index (χ1n) is 6.71. The molecule has 6 N–H and O–H groups in total. The fraction of sp³-hybridized carbons (Fsp3) is 0.462. The number of hydrogen-bond acceptors (Lipinski definition) is 5. The molecule has 1 heterocycles. The third kappa shape index (κ3) is 2.74. The molecule has 121 valence electrons. The number of aromatic amines is 1. The number of carbonyl (C=O) groups is 2. The predicted octanol–water partition coefficient (Wildman–Crippen LogP) is -0.422. The Labute approximate surface area is 139 Å². The number of primary amides is 1. The first kappa shape index (κ1) is 17.5. The molecule has 0 bridgehead atoms. The molecule has 23 heavy (non-hydrogen) atoms. The van der Waals surface area contributed by atoms with Crippen molar-refractivity contribution in [2.45, 2.75) is 29.6 Å². The number of rotatable bonds is 5. The molecule has 0 saturated heterocycles. The number of nitrogens with one attached hydrogen (secondary N) is 1. The number of nitrogens with two attached hydrogens (primary N) is 2. The summed E-state index contributed by atoms with van der Waals surface area (Å²) in [4.78, 5) is 22.9. The van der Waals surface area contributed by atoms with Crippen LogP contribution in [-0.2, 0) is 20.7 Å². The van der Waals surface area contributed by atoms with Crippen molar-refractivity contribution in [2.75, 3.05) is 7.11 Å². The molecule has 10 heteroatoms. The average molecular weight is 338 g/mol. The third-order valence-electron chi connectivity index (χ3n) is 3.89. The molecular weight excluding hydrogens is 322 g/mol. The van der Waals surface area contributed by atoms with Crippen LogP contribution in [0.1, 0.15) is 29.8 Å². The summed E-state index contributed by atoms with van der Waals surface area (Å²) in [5.74, 6) is -3.83. The first-order valence-corrected chi connectivity index (χ1v) is 7.28. The number of methoxy groups -OCH3 is 1. The summed E-state index contributed by atoms with van der Waals surface area (Å²) in [7, 11) is 1.28. The minimum atomic E-state index is -1.34. The summed E-state index contributed by atoms with van der Waals surface area (Å²) in [6.45, 7) is 1.48. The van der Waals surface area contributed by atoms with E-state index in [0.717, 1.165) is 0 Å². The zero-order valence-corrected chi connectivity index (χ0v) is 13.7. The number of halogens is 1. The van der Waals surface area contributed by atoms with Crippen LogP contribution in [0.5, 0.6) is 0 Å². The van der Waals surface area contributed by atoms with Gasteiger partial charge in [0.1, 0.15) is 0 Å². The number of aliphatic carboxylic acids is 1. The number of amides is 1. The van der Waals surface area contributed by atoms with Crippen LogP contribution in [0.2, 0.25) is 4.28 Å². The van der Waals surface area contributed by atoms with Gasteiger partial charge in [-0.2, -0.15) is 0 Å². The van der Waals surface area contributed by atoms with Crippen molar-refractivity contribution in [1.82, 2.24) is 10.2 Å². The molecule has 3 unspecified atom stereocenters. The van der Waals surface area contributed by atoms with Crippen LogP contribution in [0.4, 0.5) is 4.39 Å². The molecule has 0 aliphatic heterocycles. The SMILES string of the molecule is COC1=C(F)[C](C)([Al+])C(C(N)=O)c2c1n[nH]c2CC(N)C(=O)O. The van der Waals surface area contributed by atoms with Crippen molar-refractivity contribution in [3.63, 3.8) is 0 Å². The maximum absolute atomic E-state index is 14.7. The van der Waals surface area contributed by atoms with E-state index >= 15 is 0 Å². The normalized spacial score (nSPS) is 24.9. The van der Waals surface area contributed by atoms with Gasteiger partial charge in [0, 0.05) is 0 Å². The van der Waals surface area contributed by atoms with Crippen LogP contribution >= 0.6 is 0 Å². The molecule has 1 aromatic rings. The van der Waals surface area contributed by atoms with Crippen LogP contribution in [0.3, 0.4) is 0 Å².